The van der Waals surface area contributed by atoms with Crippen LogP contribution in [0, 0.1) is 5.92 Å². The number of hydrogen-bond acceptors (Lipinski definition) is 3. The number of benzene rings is 2. The van der Waals surface area contributed by atoms with Crippen LogP contribution in [0.15, 0.2) is 54.6 Å². The average molecular weight is 380 g/mol. The number of nitrogens with zero attached hydrogens (tertiary/aromatic N) is 1. The second kappa shape index (κ2) is 10.0. The van der Waals surface area contributed by atoms with Gasteiger partial charge in [-0.25, -0.2) is 0 Å². The van der Waals surface area contributed by atoms with Crippen LogP contribution in [0.3, 0.4) is 0 Å². The van der Waals surface area contributed by atoms with E-state index >= 15 is 0 Å². The maximum Gasteiger partial charge on any atom is 0.238 e. The highest BCUT2D eigenvalue weighted by Crippen LogP contribution is 2.20. The molecule has 148 valence electrons. The molecular weight excluding hydrogens is 350 g/mol. The Labute approximate surface area is 167 Å². The molecule has 2 aromatic carbocycles. The van der Waals surface area contributed by atoms with Crippen molar-refractivity contribution in [1.82, 2.24) is 10.2 Å². The molecule has 28 heavy (non-hydrogen) atoms. The third kappa shape index (κ3) is 5.67. The summed E-state index contributed by atoms with van der Waals surface area (Å²) < 4.78 is 0. The number of nitrogens with one attached hydrogen (secondary N) is 2. The Balaban J connectivity index is 1.58. The summed E-state index contributed by atoms with van der Waals surface area (Å²) in [6, 6.07) is 18.2. The van der Waals surface area contributed by atoms with Crippen LogP contribution in [-0.4, -0.2) is 42.9 Å². The van der Waals surface area contributed by atoms with Crippen LogP contribution in [0.1, 0.15) is 30.9 Å². The largest absolute Gasteiger partial charge is 0.356 e. The predicted molar refractivity (Wildman–Crippen MR) is 112 cm³/mol. The van der Waals surface area contributed by atoms with Gasteiger partial charge in [0.1, 0.15) is 0 Å². The second-order valence-corrected chi connectivity index (χ2v) is 7.34. The van der Waals surface area contributed by atoms with Gasteiger partial charge in [-0.15, -0.1) is 0 Å². The van der Waals surface area contributed by atoms with E-state index in [0.717, 1.165) is 37.1 Å². The normalized spacial score (nSPS) is 17.1. The fourth-order valence-corrected chi connectivity index (χ4v) is 3.74. The van der Waals surface area contributed by atoms with Crippen LogP contribution in [0.25, 0.3) is 0 Å². The summed E-state index contributed by atoms with van der Waals surface area (Å²) in [7, 11) is 0. The Kier molecular flexibility index (Phi) is 7.20. The molecular formula is C23H29N3O2. The quantitative estimate of drug-likeness (QED) is 0.777. The lowest BCUT2D eigenvalue weighted by atomic mass is 9.97. The zero-order valence-electron chi connectivity index (χ0n) is 16.5. The highest BCUT2D eigenvalue weighted by atomic mass is 16.2. The van der Waals surface area contributed by atoms with Crippen molar-refractivity contribution in [2.24, 2.45) is 5.92 Å². The van der Waals surface area contributed by atoms with Gasteiger partial charge < -0.3 is 10.6 Å². The van der Waals surface area contributed by atoms with E-state index in [1.54, 1.807) is 0 Å². The van der Waals surface area contributed by atoms with Gasteiger partial charge in [-0.2, -0.15) is 0 Å². The SMILES string of the molecule is CCNC(=O)C1CCCN(CC(=O)Nc2ccccc2Cc2ccccc2)C1. The molecule has 1 atom stereocenters. The molecule has 1 aliphatic rings. The highest BCUT2D eigenvalue weighted by molar-refractivity contribution is 5.93. The number of hydrogen-bond donors (Lipinski definition) is 2. The van der Waals surface area contributed by atoms with Crippen molar-refractivity contribution in [3.63, 3.8) is 0 Å². The minimum Gasteiger partial charge on any atom is -0.356 e. The van der Waals surface area contributed by atoms with E-state index in [9.17, 15) is 9.59 Å². The molecule has 2 aromatic rings. The van der Waals surface area contributed by atoms with E-state index in [4.69, 9.17) is 0 Å². The first-order valence-electron chi connectivity index (χ1n) is 10.1. The number of carbonyl (C=O) groups is 2. The number of rotatable bonds is 7. The molecule has 5 heteroatoms. The van der Waals surface area contributed by atoms with Crippen molar-refractivity contribution in [3.8, 4) is 0 Å². The van der Waals surface area contributed by atoms with Crippen LogP contribution in [0.2, 0.25) is 0 Å². The van der Waals surface area contributed by atoms with Crippen molar-refractivity contribution in [3.05, 3.63) is 65.7 Å². The van der Waals surface area contributed by atoms with Gasteiger partial charge in [0.15, 0.2) is 0 Å². The molecule has 2 N–H and O–H groups in total. The van der Waals surface area contributed by atoms with E-state index in [1.807, 2.05) is 43.3 Å². The Hall–Kier alpha value is -2.66. The number of piperidine rings is 1. The lowest BCUT2D eigenvalue weighted by molar-refractivity contribution is -0.127. The van der Waals surface area contributed by atoms with Crippen molar-refractivity contribution in [2.75, 3.05) is 31.5 Å². The Morgan fingerprint density at radius 2 is 1.82 bits per heavy atom. The van der Waals surface area contributed by atoms with Crippen LogP contribution in [-0.2, 0) is 16.0 Å². The molecule has 0 aliphatic carbocycles. The van der Waals surface area contributed by atoms with Gasteiger partial charge >= 0.3 is 0 Å². The third-order valence-corrected chi connectivity index (χ3v) is 5.12. The molecule has 0 bridgehead atoms. The van der Waals surface area contributed by atoms with Gasteiger partial charge in [-0.1, -0.05) is 48.5 Å². The van der Waals surface area contributed by atoms with Crippen molar-refractivity contribution in [2.45, 2.75) is 26.2 Å². The summed E-state index contributed by atoms with van der Waals surface area (Å²) in [5, 5.41) is 5.96. The summed E-state index contributed by atoms with van der Waals surface area (Å²) in [5.41, 5.74) is 3.17. The number of amides is 2. The lowest BCUT2D eigenvalue weighted by Crippen LogP contribution is -2.45. The van der Waals surface area contributed by atoms with Gasteiger partial charge in [-0.05, 0) is 49.9 Å². The van der Waals surface area contributed by atoms with Gasteiger partial charge in [0.2, 0.25) is 11.8 Å². The molecule has 1 unspecified atom stereocenters. The molecule has 1 heterocycles. The summed E-state index contributed by atoms with van der Waals surface area (Å²) in [6.07, 6.45) is 2.61. The molecule has 1 aliphatic heterocycles. The fourth-order valence-electron chi connectivity index (χ4n) is 3.74. The predicted octanol–water partition coefficient (Wildman–Crippen LogP) is 3.06. The Morgan fingerprint density at radius 3 is 2.61 bits per heavy atom. The van der Waals surface area contributed by atoms with Gasteiger partial charge in [0.25, 0.3) is 0 Å². The number of anilines is 1. The van der Waals surface area contributed by atoms with E-state index in [0.29, 0.717) is 19.6 Å². The van der Waals surface area contributed by atoms with Crippen LogP contribution in [0.4, 0.5) is 5.69 Å². The van der Waals surface area contributed by atoms with Gasteiger partial charge in [0.05, 0.1) is 12.5 Å². The minimum absolute atomic E-state index is 0.0214. The standard InChI is InChI=1S/C23H29N3O2/c1-2-24-23(28)20-12-8-14-26(16-20)17-22(27)25-21-13-7-6-11-19(21)15-18-9-4-3-5-10-18/h3-7,9-11,13,20H,2,8,12,14-17H2,1H3,(H,24,28)(H,25,27). The molecule has 0 spiro atoms. The molecule has 0 saturated carbocycles. The fraction of sp³-hybridized carbons (Fsp3) is 0.391. The van der Waals surface area contributed by atoms with Crippen LogP contribution < -0.4 is 10.6 Å². The molecule has 1 saturated heterocycles. The molecule has 0 aromatic heterocycles. The molecule has 1 fully saturated rings. The maximum absolute atomic E-state index is 12.6. The van der Waals surface area contributed by atoms with E-state index in [-0.39, 0.29) is 17.7 Å². The summed E-state index contributed by atoms with van der Waals surface area (Å²) in [5.74, 6) is 0.0461. The molecule has 2 amide bonds. The zero-order valence-corrected chi connectivity index (χ0v) is 16.5. The van der Waals surface area contributed by atoms with Crippen LogP contribution >= 0.6 is 0 Å². The van der Waals surface area contributed by atoms with Crippen molar-refractivity contribution >= 4 is 17.5 Å². The Morgan fingerprint density at radius 1 is 1.07 bits per heavy atom. The lowest BCUT2D eigenvalue weighted by Gasteiger charge is -2.31. The van der Waals surface area contributed by atoms with E-state index < -0.39 is 0 Å². The maximum atomic E-state index is 12.6. The number of likely N-dealkylation sites (tertiary alicyclic amines) is 1. The molecule has 3 rings (SSSR count). The van der Waals surface area contributed by atoms with Crippen molar-refractivity contribution in [1.29, 1.82) is 0 Å². The van der Waals surface area contributed by atoms with Gasteiger partial charge in [0, 0.05) is 18.8 Å². The highest BCUT2D eigenvalue weighted by Gasteiger charge is 2.26. The van der Waals surface area contributed by atoms with Gasteiger partial charge in [-0.3, -0.25) is 14.5 Å². The van der Waals surface area contributed by atoms with E-state index in [1.165, 1.54) is 5.56 Å². The summed E-state index contributed by atoms with van der Waals surface area (Å²) >= 11 is 0. The monoisotopic (exact) mass is 379 g/mol. The second-order valence-electron chi connectivity index (χ2n) is 7.34. The van der Waals surface area contributed by atoms with E-state index in [2.05, 4.69) is 33.7 Å². The first-order chi connectivity index (χ1) is 13.7. The first kappa shape index (κ1) is 20.1. The topological polar surface area (TPSA) is 61.4 Å². The summed E-state index contributed by atoms with van der Waals surface area (Å²) in [4.78, 5) is 26.8. The number of para-hydroxylation sites is 1. The minimum atomic E-state index is -0.0305. The molecule has 5 nitrogen and oxygen atoms in total. The Bertz CT molecular complexity index is 791. The van der Waals surface area contributed by atoms with Crippen LogP contribution in [0.5, 0.6) is 0 Å². The zero-order chi connectivity index (χ0) is 19.8. The number of carbonyl (C=O) groups excluding carboxylic acids is 2. The average Bonchev–Trinajstić information content (AvgIpc) is 2.70. The first-order valence-corrected chi connectivity index (χ1v) is 10.1. The van der Waals surface area contributed by atoms with Crippen molar-refractivity contribution < 1.29 is 9.59 Å². The smallest absolute Gasteiger partial charge is 0.238 e. The summed E-state index contributed by atoms with van der Waals surface area (Å²) in [6.45, 7) is 4.39. The molecule has 0 radical (unpaired) electrons. The third-order valence-electron chi connectivity index (χ3n) is 5.12.